The molecule has 2 aliphatic rings. The first-order valence-electron chi connectivity index (χ1n) is 2.85. The number of hydrogen-bond acceptors (Lipinski definition) is 3. The van der Waals surface area contributed by atoms with Crippen molar-refractivity contribution in [3.05, 3.63) is 24.3 Å². The van der Waals surface area contributed by atoms with Gasteiger partial charge in [0.05, 0.1) is 0 Å². The predicted octanol–water partition coefficient (Wildman–Crippen LogP) is -1.03. The Labute approximate surface area is 87.2 Å². The quantitative estimate of drug-likeness (QED) is 0.434. The Bertz CT molecular complexity index is 188. The van der Waals surface area contributed by atoms with Crippen molar-refractivity contribution < 1.29 is 15.1 Å². The summed E-state index contributed by atoms with van der Waals surface area (Å²) in [4.78, 5) is 0. The van der Waals surface area contributed by atoms with Gasteiger partial charge in [0.1, 0.15) is 0 Å². The van der Waals surface area contributed by atoms with Crippen LogP contribution in [0.2, 0.25) is 0 Å². The molecule has 0 spiro atoms. The fourth-order valence-corrected chi connectivity index (χ4v) is 0.663. The topological polar surface area (TPSA) is 60.7 Å². The molecule has 0 atom stereocenters. The van der Waals surface area contributed by atoms with Gasteiger partial charge in [-0.3, -0.25) is 0 Å². The predicted molar refractivity (Wildman–Crippen MR) is 45.0 cm³/mol. The van der Waals surface area contributed by atoms with E-state index in [1.165, 1.54) is 11.1 Å². The van der Waals surface area contributed by atoms with Crippen LogP contribution in [-0.2, 0) is 0 Å². The monoisotopic (exact) mass is 162 g/mol. The molecule has 0 aromatic carbocycles. The summed E-state index contributed by atoms with van der Waals surface area (Å²) in [5.41, 5.74) is 2.85. The third-order valence-corrected chi connectivity index (χ3v) is 1.22. The van der Waals surface area contributed by atoms with Crippen molar-refractivity contribution in [2.45, 2.75) is 0 Å². The zero-order valence-electron chi connectivity index (χ0n) is 5.23. The first kappa shape index (κ1) is 11.2. The summed E-state index contributed by atoms with van der Waals surface area (Å²) < 4.78 is 0. The van der Waals surface area contributed by atoms with Crippen molar-refractivity contribution >= 4 is 36.9 Å². The first-order valence-corrected chi connectivity index (χ1v) is 2.85. The van der Waals surface area contributed by atoms with Gasteiger partial charge in [0.15, 0.2) is 0 Å². The second-order valence-corrected chi connectivity index (χ2v) is 1.92. The van der Waals surface area contributed by atoms with Gasteiger partial charge in [-0.25, -0.2) is 0 Å². The van der Waals surface area contributed by atoms with Crippen LogP contribution in [-0.4, -0.2) is 52.0 Å². The Balaban J connectivity index is 0.000000183. The average Bonchev–Trinajstić information content (AvgIpc) is 1.77. The van der Waals surface area contributed by atoms with Crippen LogP contribution >= 0.6 is 0 Å². The summed E-state index contributed by atoms with van der Waals surface area (Å²) in [6.45, 7) is 0. The van der Waals surface area contributed by atoms with Crippen molar-refractivity contribution in [2.24, 2.45) is 0 Å². The molecule has 3 N–H and O–H groups in total. The van der Waals surface area contributed by atoms with E-state index in [1.54, 1.807) is 0 Å². The summed E-state index contributed by atoms with van der Waals surface area (Å²) in [5, 5.41) is 21.5. The summed E-state index contributed by atoms with van der Waals surface area (Å²) in [5.74, 6) is 0. The number of hydrogen-bond donors (Lipinski definition) is 3. The molecule has 0 heterocycles. The molecule has 0 unspecified atom stereocenters. The van der Waals surface area contributed by atoms with Gasteiger partial charge < -0.3 is 15.1 Å². The molecule has 11 heavy (non-hydrogen) atoms. The molecule has 0 saturated carbocycles. The van der Waals surface area contributed by atoms with Crippen molar-refractivity contribution in [3.8, 4) is 11.1 Å². The maximum absolute atomic E-state index is 7.17. The van der Waals surface area contributed by atoms with Gasteiger partial charge in [0, 0.05) is 0 Å². The van der Waals surface area contributed by atoms with E-state index >= 15 is 0 Å². The number of benzene rings is 1. The minimum atomic E-state index is -2.17. The summed E-state index contributed by atoms with van der Waals surface area (Å²) in [6.07, 6.45) is 0. The van der Waals surface area contributed by atoms with Crippen LogP contribution in [0.1, 0.15) is 0 Å². The summed E-state index contributed by atoms with van der Waals surface area (Å²) >= 11 is 0. The molecule has 2 aliphatic carbocycles. The van der Waals surface area contributed by atoms with Crippen molar-refractivity contribution in [2.75, 3.05) is 0 Å². The van der Waals surface area contributed by atoms with Gasteiger partial charge in [-0.15, -0.1) is 0 Å². The van der Waals surface area contributed by atoms with Gasteiger partial charge in [0.2, 0.25) is 0 Å². The van der Waals surface area contributed by atoms with Gasteiger partial charge in [-0.1, -0.05) is 24.3 Å². The molecule has 0 radical (unpaired) electrons. The third kappa shape index (κ3) is 3.38. The standard InChI is InChI=1S/C6H4.BH3O3.Na.H/c1-2-6-4-3-5(1)6;2-1(3)4;;/h1-4H;2-4H;;. The van der Waals surface area contributed by atoms with E-state index in [1.807, 2.05) is 0 Å². The molecule has 0 fully saturated rings. The van der Waals surface area contributed by atoms with Crippen molar-refractivity contribution in [3.63, 3.8) is 0 Å². The SMILES string of the molecule is OB(O)O.[NaH].c1cc2ccc1-2. The van der Waals surface area contributed by atoms with Crippen LogP contribution in [0.5, 0.6) is 0 Å². The van der Waals surface area contributed by atoms with Crippen LogP contribution in [0.15, 0.2) is 24.3 Å². The molecule has 0 saturated heterocycles. The molecule has 0 bridgehead atoms. The zero-order valence-corrected chi connectivity index (χ0v) is 5.23. The van der Waals surface area contributed by atoms with E-state index in [-0.39, 0.29) is 29.6 Å². The summed E-state index contributed by atoms with van der Waals surface area (Å²) in [6, 6.07) is 8.48. The molecule has 0 aromatic rings. The van der Waals surface area contributed by atoms with E-state index in [0.29, 0.717) is 0 Å². The molecule has 0 aromatic heterocycles. The zero-order chi connectivity index (χ0) is 7.56. The van der Waals surface area contributed by atoms with Crippen molar-refractivity contribution in [1.82, 2.24) is 0 Å². The molecule has 0 aliphatic heterocycles. The van der Waals surface area contributed by atoms with E-state index in [4.69, 9.17) is 15.1 Å². The fourth-order valence-electron chi connectivity index (χ4n) is 0.663. The average molecular weight is 162 g/mol. The molecule has 54 valence electrons. The Hall–Kier alpha value is 0.165. The smallest absolute Gasteiger partial charge is 0.0184 e. The molecular formula is C6H8BNaO3. The first-order chi connectivity index (χ1) is 4.70. The molecule has 3 nitrogen and oxygen atoms in total. The van der Waals surface area contributed by atoms with Gasteiger partial charge >= 0.3 is 36.9 Å². The van der Waals surface area contributed by atoms with Crippen molar-refractivity contribution in [1.29, 1.82) is 0 Å². The molecule has 0 amide bonds. The second-order valence-electron chi connectivity index (χ2n) is 1.92. The third-order valence-electron chi connectivity index (χ3n) is 1.22. The summed E-state index contributed by atoms with van der Waals surface area (Å²) in [7, 11) is -2.17. The Morgan fingerprint density at radius 1 is 0.818 bits per heavy atom. The fraction of sp³-hybridized carbons (Fsp3) is 0. The van der Waals surface area contributed by atoms with Crippen LogP contribution in [0.25, 0.3) is 11.1 Å². The van der Waals surface area contributed by atoms with Gasteiger partial charge in [-0.2, -0.15) is 0 Å². The second kappa shape index (κ2) is 4.93. The minimum Gasteiger partial charge on any atom is -0.0538 e. The minimum absolute atomic E-state index is 0. The molecular weight excluding hydrogens is 154 g/mol. The van der Waals surface area contributed by atoms with Crippen LogP contribution in [0.3, 0.4) is 0 Å². The van der Waals surface area contributed by atoms with E-state index in [0.717, 1.165) is 0 Å². The maximum Gasteiger partial charge on any atom is -0.0184 e. The number of rotatable bonds is 0. The largest absolute Gasteiger partial charge is 0.0538 e. The van der Waals surface area contributed by atoms with Crippen LogP contribution in [0.4, 0.5) is 0 Å². The van der Waals surface area contributed by atoms with E-state index < -0.39 is 7.32 Å². The van der Waals surface area contributed by atoms with E-state index in [9.17, 15) is 0 Å². The van der Waals surface area contributed by atoms with E-state index in [2.05, 4.69) is 24.3 Å². The Morgan fingerprint density at radius 3 is 1.00 bits per heavy atom. The normalized spacial score (nSPS) is 8.64. The van der Waals surface area contributed by atoms with Crippen LogP contribution in [0, 0.1) is 0 Å². The Kier molecular flexibility index (Phi) is 5.00. The van der Waals surface area contributed by atoms with Gasteiger partial charge in [0.25, 0.3) is 0 Å². The molecule has 5 heteroatoms. The number of fused-ring (bicyclic) bond motifs is 1. The molecule has 2 rings (SSSR count). The maximum atomic E-state index is 7.17. The Morgan fingerprint density at radius 2 is 1.00 bits per heavy atom. The van der Waals surface area contributed by atoms with Crippen LogP contribution < -0.4 is 0 Å². The van der Waals surface area contributed by atoms with Gasteiger partial charge in [-0.05, 0) is 11.1 Å².